The maximum Gasteiger partial charge on any atom is 0.279 e. The second kappa shape index (κ2) is 6.34. The van der Waals surface area contributed by atoms with Gasteiger partial charge in [-0.25, -0.2) is 9.07 Å². The van der Waals surface area contributed by atoms with Gasteiger partial charge in [-0.1, -0.05) is 18.2 Å². The Morgan fingerprint density at radius 3 is 2.63 bits per heavy atom. The molecular weight excluding hydrogens is 341 g/mol. The summed E-state index contributed by atoms with van der Waals surface area (Å²) in [7, 11) is 0. The molecule has 1 amide bonds. The van der Waals surface area contributed by atoms with Crippen LogP contribution in [0.3, 0.4) is 0 Å². The minimum Gasteiger partial charge on any atom is -0.307 e. The molecule has 0 N–H and O–H groups in total. The van der Waals surface area contributed by atoms with Crippen molar-refractivity contribution in [3.63, 3.8) is 0 Å². The highest BCUT2D eigenvalue weighted by Gasteiger charge is 2.31. The molecule has 2 aliphatic rings. The quantitative estimate of drug-likeness (QED) is 0.689. The third-order valence-electron chi connectivity index (χ3n) is 5.56. The average molecular weight is 361 g/mol. The van der Waals surface area contributed by atoms with Crippen LogP contribution in [0.2, 0.25) is 0 Å². The lowest BCUT2D eigenvalue weighted by Crippen LogP contribution is -2.36. The largest absolute Gasteiger partial charge is 0.307 e. The number of fused-ring (bicyclic) bond motifs is 2. The highest BCUT2D eigenvalue weighted by Crippen LogP contribution is 2.32. The SMILES string of the molecule is O=C(c1nn(-c2ccc(F)cc2)c2c1CCC2)N1CCCc2ccccc21. The van der Waals surface area contributed by atoms with Crippen molar-refractivity contribution in [2.24, 2.45) is 0 Å². The first kappa shape index (κ1) is 16.2. The van der Waals surface area contributed by atoms with Crippen LogP contribution in [0.1, 0.15) is 40.2 Å². The number of benzene rings is 2. The molecule has 0 saturated carbocycles. The molecule has 2 aromatic carbocycles. The van der Waals surface area contributed by atoms with E-state index in [1.54, 1.807) is 12.1 Å². The van der Waals surface area contributed by atoms with Crippen LogP contribution in [0.5, 0.6) is 0 Å². The Bertz CT molecular complexity index is 1020. The van der Waals surface area contributed by atoms with Crippen LogP contribution in [0.25, 0.3) is 5.69 Å². The van der Waals surface area contributed by atoms with Gasteiger partial charge in [-0.15, -0.1) is 0 Å². The van der Waals surface area contributed by atoms with E-state index in [-0.39, 0.29) is 11.7 Å². The van der Waals surface area contributed by atoms with Crippen molar-refractivity contribution in [2.45, 2.75) is 32.1 Å². The fourth-order valence-corrected chi connectivity index (χ4v) is 4.28. The molecule has 1 aliphatic carbocycles. The van der Waals surface area contributed by atoms with Crippen molar-refractivity contribution in [2.75, 3.05) is 11.4 Å². The van der Waals surface area contributed by atoms with E-state index in [1.165, 1.54) is 17.7 Å². The maximum atomic E-state index is 13.4. The number of halogens is 1. The molecule has 0 radical (unpaired) electrons. The van der Waals surface area contributed by atoms with E-state index in [0.717, 1.165) is 54.7 Å². The van der Waals surface area contributed by atoms with Crippen molar-refractivity contribution in [3.05, 3.63) is 76.9 Å². The number of carbonyl (C=O) groups excluding carboxylic acids is 1. The monoisotopic (exact) mass is 361 g/mol. The van der Waals surface area contributed by atoms with E-state index in [0.29, 0.717) is 12.2 Å². The van der Waals surface area contributed by atoms with Gasteiger partial charge in [0.2, 0.25) is 0 Å². The summed E-state index contributed by atoms with van der Waals surface area (Å²) in [6.45, 7) is 0.716. The number of carbonyl (C=O) groups is 1. The molecule has 0 saturated heterocycles. The summed E-state index contributed by atoms with van der Waals surface area (Å²) < 4.78 is 15.1. The molecule has 0 bridgehead atoms. The summed E-state index contributed by atoms with van der Waals surface area (Å²) in [5.41, 5.74) is 5.68. The van der Waals surface area contributed by atoms with E-state index >= 15 is 0 Å². The Balaban J connectivity index is 1.58. The summed E-state index contributed by atoms with van der Waals surface area (Å²) in [5, 5.41) is 4.68. The number of aryl methyl sites for hydroxylation is 1. The van der Waals surface area contributed by atoms with E-state index in [4.69, 9.17) is 0 Å². The minimum absolute atomic E-state index is 0.0267. The first-order valence-electron chi connectivity index (χ1n) is 9.49. The zero-order valence-electron chi connectivity index (χ0n) is 15.0. The second-order valence-corrected chi connectivity index (χ2v) is 7.20. The highest BCUT2D eigenvalue weighted by molar-refractivity contribution is 6.06. The molecule has 0 atom stereocenters. The molecular formula is C22H20FN3O. The average Bonchev–Trinajstić information content (AvgIpc) is 3.31. The van der Waals surface area contributed by atoms with Gasteiger partial charge in [-0.2, -0.15) is 5.10 Å². The second-order valence-electron chi connectivity index (χ2n) is 7.20. The summed E-state index contributed by atoms with van der Waals surface area (Å²) in [6.07, 6.45) is 4.74. The normalized spacial score (nSPS) is 15.5. The molecule has 2 heterocycles. The Morgan fingerprint density at radius 2 is 1.78 bits per heavy atom. The van der Waals surface area contributed by atoms with Gasteiger partial charge in [0, 0.05) is 23.5 Å². The van der Waals surface area contributed by atoms with Crippen molar-refractivity contribution in [1.82, 2.24) is 9.78 Å². The van der Waals surface area contributed by atoms with Crippen molar-refractivity contribution in [1.29, 1.82) is 0 Å². The smallest absolute Gasteiger partial charge is 0.279 e. The van der Waals surface area contributed by atoms with Crippen LogP contribution in [-0.4, -0.2) is 22.2 Å². The Labute approximate surface area is 157 Å². The van der Waals surface area contributed by atoms with Crippen LogP contribution in [-0.2, 0) is 19.3 Å². The Morgan fingerprint density at radius 1 is 0.963 bits per heavy atom. The van der Waals surface area contributed by atoms with Gasteiger partial charge in [-0.05, 0) is 68.0 Å². The van der Waals surface area contributed by atoms with Crippen molar-refractivity contribution < 1.29 is 9.18 Å². The number of rotatable bonds is 2. The van der Waals surface area contributed by atoms with Gasteiger partial charge in [0.1, 0.15) is 5.82 Å². The lowest BCUT2D eigenvalue weighted by atomic mass is 10.0. The van der Waals surface area contributed by atoms with Crippen LogP contribution in [0.4, 0.5) is 10.1 Å². The lowest BCUT2D eigenvalue weighted by molar-refractivity contribution is 0.0979. The molecule has 0 fully saturated rings. The Hall–Kier alpha value is -2.95. The van der Waals surface area contributed by atoms with Gasteiger partial charge in [0.25, 0.3) is 5.91 Å². The van der Waals surface area contributed by atoms with Crippen LogP contribution >= 0.6 is 0 Å². The predicted molar refractivity (Wildman–Crippen MR) is 102 cm³/mol. The summed E-state index contributed by atoms with van der Waals surface area (Å²) in [5.74, 6) is -0.301. The molecule has 27 heavy (non-hydrogen) atoms. The fourth-order valence-electron chi connectivity index (χ4n) is 4.28. The molecule has 3 aromatic rings. The first-order chi connectivity index (χ1) is 13.2. The number of hydrogen-bond acceptors (Lipinski definition) is 2. The van der Waals surface area contributed by atoms with Crippen LogP contribution in [0.15, 0.2) is 48.5 Å². The molecule has 1 aromatic heterocycles. The number of hydrogen-bond donors (Lipinski definition) is 0. The van der Waals surface area contributed by atoms with Gasteiger partial charge < -0.3 is 4.90 Å². The van der Waals surface area contributed by atoms with Crippen molar-refractivity contribution in [3.8, 4) is 5.69 Å². The molecule has 5 heteroatoms. The zero-order valence-corrected chi connectivity index (χ0v) is 15.0. The van der Waals surface area contributed by atoms with Crippen LogP contribution < -0.4 is 4.90 Å². The molecule has 4 nitrogen and oxygen atoms in total. The van der Waals surface area contributed by atoms with E-state index in [2.05, 4.69) is 11.2 Å². The van der Waals surface area contributed by atoms with Gasteiger partial charge in [0.15, 0.2) is 5.69 Å². The third-order valence-corrected chi connectivity index (χ3v) is 5.56. The molecule has 136 valence electrons. The van der Waals surface area contributed by atoms with Crippen molar-refractivity contribution >= 4 is 11.6 Å². The van der Waals surface area contributed by atoms with E-state index in [9.17, 15) is 9.18 Å². The number of anilines is 1. The number of aromatic nitrogens is 2. The predicted octanol–water partition coefficient (Wildman–Crippen LogP) is 4.09. The number of para-hydroxylation sites is 1. The topological polar surface area (TPSA) is 38.1 Å². The first-order valence-corrected chi connectivity index (χ1v) is 9.49. The minimum atomic E-state index is -0.274. The standard InChI is InChI=1S/C22H20FN3O/c23-16-10-12-17(13-11-16)26-20-9-3-7-18(20)21(24-26)22(27)25-14-4-6-15-5-1-2-8-19(15)25/h1-2,5,8,10-13H,3-4,6-7,9,14H2. The fraction of sp³-hybridized carbons (Fsp3) is 0.273. The Kier molecular flexibility index (Phi) is 3.81. The van der Waals surface area contributed by atoms with E-state index < -0.39 is 0 Å². The van der Waals surface area contributed by atoms with E-state index in [1.807, 2.05) is 27.8 Å². The van der Waals surface area contributed by atoms with Gasteiger partial charge in [-0.3, -0.25) is 4.79 Å². The zero-order chi connectivity index (χ0) is 18.4. The summed E-state index contributed by atoms with van der Waals surface area (Å²) >= 11 is 0. The molecule has 1 aliphatic heterocycles. The molecule has 5 rings (SSSR count). The highest BCUT2D eigenvalue weighted by atomic mass is 19.1. The number of nitrogens with zero attached hydrogens (tertiary/aromatic N) is 3. The molecule has 0 spiro atoms. The maximum absolute atomic E-state index is 13.4. The third kappa shape index (κ3) is 2.65. The summed E-state index contributed by atoms with van der Waals surface area (Å²) in [6, 6.07) is 14.4. The summed E-state index contributed by atoms with van der Waals surface area (Å²) in [4.78, 5) is 15.3. The van der Waals surface area contributed by atoms with Crippen LogP contribution in [0, 0.1) is 5.82 Å². The van der Waals surface area contributed by atoms with Gasteiger partial charge >= 0.3 is 0 Å². The number of amides is 1. The lowest BCUT2D eigenvalue weighted by Gasteiger charge is -2.29. The van der Waals surface area contributed by atoms with Gasteiger partial charge in [0.05, 0.1) is 5.69 Å². The molecule has 0 unspecified atom stereocenters.